The molecule has 2 N–H and O–H groups in total. The molecular weight excluding hydrogens is 481 g/mol. The van der Waals surface area contributed by atoms with Gasteiger partial charge in [-0.25, -0.2) is 0 Å². The van der Waals surface area contributed by atoms with Crippen molar-refractivity contribution in [1.82, 2.24) is 0 Å². The fourth-order valence-corrected chi connectivity index (χ4v) is 5.48. The van der Waals surface area contributed by atoms with E-state index < -0.39 is 22.4 Å². The van der Waals surface area contributed by atoms with Crippen LogP contribution in [0.1, 0.15) is 32.8 Å². The van der Waals surface area contributed by atoms with Gasteiger partial charge in [-0.05, 0) is 22.3 Å². The highest BCUT2D eigenvalue weighted by Gasteiger charge is 2.24. The lowest BCUT2D eigenvalue weighted by atomic mass is 10.1. The molecule has 3 rings (SSSR count). The van der Waals surface area contributed by atoms with Gasteiger partial charge in [0.05, 0.1) is 8.39 Å². The lowest BCUT2D eigenvalue weighted by Gasteiger charge is -2.15. The van der Waals surface area contributed by atoms with E-state index in [9.17, 15) is 19.8 Å². The van der Waals surface area contributed by atoms with E-state index in [1.54, 1.807) is 72.8 Å². The number of thioether (sulfide) groups is 2. The standard InChI is InChI=1S/C24H18O4S4/c25-21(26)19(15-7-3-1-4-8-15)31-23(29)17-11-13-18(14-12-17)24(30)32-20(22(27)28)16-9-5-2-6-10-16/h1-14,19-20H,(H,25,26)(H,27,28)/t19-,20-/m1/s1. The number of carbonyl (C=O) groups is 2. The van der Waals surface area contributed by atoms with E-state index in [1.165, 1.54) is 0 Å². The number of aliphatic carboxylic acids is 2. The first-order valence-corrected chi connectivity index (χ1v) is 12.0. The van der Waals surface area contributed by atoms with Gasteiger partial charge in [-0.15, -0.1) is 0 Å². The lowest BCUT2D eigenvalue weighted by molar-refractivity contribution is -0.137. The third kappa shape index (κ3) is 6.26. The SMILES string of the molecule is O=C(O)[C@H](SC(=S)c1ccc(C(=S)S[C@@H](C(=O)O)c2ccccc2)cc1)c1ccccc1. The van der Waals surface area contributed by atoms with E-state index in [0.29, 0.717) is 30.6 Å². The van der Waals surface area contributed by atoms with Gasteiger partial charge in [-0.1, -0.05) is 133 Å². The van der Waals surface area contributed by atoms with Crippen molar-refractivity contribution < 1.29 is 19.8 Å². The highest BCUT2D eigenvalue weighted by Crippen LogP contribution is 2.34. The second kappa shape index (κ2) is 11.4. The quantitative estimate of drug-likeness (QED) is 0.358. The van der Waals surface area contributed by atoms with E-state index in [0.717, 1.165) is 23.5 Å². The molecule has 0 heterocycles. The van der Waals surface area contributed by atoms with Gasteiger partial charge in [-0.2, -0.15) is 0 Å². The Bertz CT molecular complexity index is 1030. The van der Waals surface area contributed by atoms with E-state index in [4.69, 9.17) is 24.4 Å². The Kier molecular flexibility index (Phi) is 8.58. The van der Waals surface area contributed by atoms with Gasteiger partial charge in [0, 0.05) is 0 Å². The van der Waals surface area contributed by atoms with Crippen LogP contribution in [0.5, 0.6) is 0 Å². The largest absolute Gasteiger partial charge is 0.480 e. The summed E-state index contributed by atoms with van der Waals surface area (Å²) in [5.41, 5.74) is 2.76. The molecule has 8 heteroatoms. The summed E-state index contributed by atoms with van der Waals surface area (Å²) in [6.07, 6.45) is 0. The maximum atomic E-state index is 11.7. The average molecular weight is 499 g/mol. The van der Waals surface area contributed by atoms with Gasteiger partial charge in [0.15, 0.2) is 0 Å². The van der Waals surface area contributed by atoms with Crippen molar-refractivity contribution in [1.29, 1.82) is 0 Å². The summed E-state index contributed by atoms with van der Waals surface area (Å²) in [6.45, 7) is 0. The van der Waals surface area contributed by atoms with Crippen molar-refractivity contribution in [3.05, 3.63) is 107 Å². The van der Waals surface area contributed by atoms with Crippen molar-refractivity contribution >= 4 is 68.3 Å². The van der Waals surface area contributed by atoms with Crippen LogP contribution in [0.3, 0.4) is 0 Å². The molecule has 3 aromatic carbocycles. The van der Waals surface area contributed by atoms with Crippen LogP contribution >= 0.6 is 48.0 Å². The predicted octanol–water partition coefficient (Wildman–Crippen LogP) is 6.16. The number of rotatable bonds is 8. The number of hydrogen-bond donors (Lipinski definition) is 2. The Labute approximate surface area is 205 Å². The van der Waals surface area contributed by atoms with E-state index in [2.05, 4.69) is 0 Å². The highest BCUT2D eigenvalue weighted by molar-refractivity contribution is 8.24. The highest BCUT2D eigenvalue weighted by atomic mass is 32.2. The molecule has 0 bridgehead atoms. The third-order valence-corrected chi connectivity index (χ3v) is 7.83. The Morgan fingerprint density at radius 1 is 0.594 bits per heavy atom. The molecule has 0 aliphatic carbocycles. The van der Waals surface area contributed by atoms with Crippen molar-refractivity contribution in [2.45, 2.75) is 10.5 Å². The van der Waals surface area contributed by atoms with E-state index in [-0.39, 0.29) is 0 Å². The predicted molar refractivity (Wildman–Crippen MR) is 139 cm³/mol. The third-order valence-electron chi connectivity index (χ3n) is 4.46. The number of thiocarbonyl (C=S) groups is 2. The maximum Gasteiger partial charge on any atom is 0.321 e. The minimum atomic E-state index is -0.960. The summed E-state index contributed by atoms with van der Waals surface area (Å²) in [5.74, 6) is -1.92. The van der Waals surface area contributed by atoms with Gasteiger partial charge in [0.1, 0.15) is 10.5 Å². The molecule has 0 saturated carbocycles. The molecular formula is C24H18O4S4. The molecule has 0 unspecified atom stereocenters. The normalized spacial score (nSPS) is 12.5. The summed E-state index contributed by atoms with van der Waals surface area (Å²) in [5, 5.41) is 17.6. The Hall–Kier alpha value is -2.52. The first-order chi connectivity index (χ1) is 15.4. The Balaban J connectivity index is 1.71. The summed E-state index contributed by atoms with van der Waals surface area (Å²) in [6, 6.07) is 25.0. The molecule has 0 saturated heterocycles. The summed E-state index contributed by atoms with van der Waals surface area (Å²) < 4.78 is 0.915. The number of carboxylic acid groups (broad SMARTS) is 2. The molecule has 0 fully saturated rings. The summed E-state index contributed by atoms with van der Waals surface area (Å²) in [4.78, 5) is 23.5. The minimum Gasteiger partial charge on any atom is -0.480 e. The zero-order chi connectivity index (χ0) is 23.1. The molecule has 0 aliphatic heterocycles. The molecule has 2 atom stereocenters. The molecule has 3 aromatic rings. The second-order valence-corrected chi connectivity index (χ2v) is 10.2. The monoisotopic (exact) mass is 498 g/mol. The van der Waals surface area contributed by atoms with Crippen LogP contribution < -0.4 is 0 Å². The second-order valence-electron chi connectivity index (χ2n) is 6.65. The molecule has 0 aliphatic rings. The van der Waals surface area contributed by atoms with Crippen LogP contribution in [-0.2, 0) is 9.59 Å². The van der Waals surface area contributed by atoms with Crippen molar-refractivity contribution in [3.8, 4) is 0 Å². The van der Waals surface area contributed by atoms with Gasteiger partial charge in [-0.3, -0.25) is 9.59 Å². The summed E-state index contributed by atoms with van der Waals surface area (Å²) in [7, 11) is 0. The number of carboxylic acids is 2. The molecule has 162 valence electrons. The first kappa shape index (κ1) is 24.1. The fraction of sp³-hybridized carbons (Fsp3) is 0.0833. The van der Waals surface area contributed by atoms with E-state index >= 15 is 0 Å². The first-order valence-electron chi connectivity index (χ1n) is 9.44. The van der Waals surface area contributed by atoms with Gasteiger partial charge in [0.25, 0.3) is 0 Å². The zero-order valence-corrected chi connectivity index (χ0v) is 19.8. The van der Waals surface area contributed by atoms with Crippen molar-refractivity contribution in [3.63, 3.8) is 0 Å². The van der Waals surface area contributed by atoms with Crippen LogP contribution in [0, 0.1) is 0 Å². The molecule has 0 radical (unpaired) electrons. The Morgan fingerprint density at radius 2 is 0.906 bits per heavy atom. The smallest absolute Gasteiger partial charge is 0.321 e. The van der Waals surface area contributed by atoms with Crippen LogP contribution in [0.25, 0.3) is 0 Å². The van der Waals surface area contributed by atoms with Crippen LogP contribution in [0.15, 0.2) is 84.9 Å². The van der Waals surface area contributed by atoms with Crippen molar-refractivity contribution in [2.75, 3.05) is 0 Å². The Morgan fingerprint density at radius 3 is 1.19 bits per heavy atom. The molecule has 32 heavy (non-hydrogen) atoms. The number of benzene rings is 3. The van der Waals surface area contributed by atoms with E-state index in [1.807, 2.05) is 12.1 Å². The molecule has 0 aromatic heterocycles. The topological polar surface area (TPSA) is 74.6 Å². The van der Waals surface area contributed by atoms with Crippen LogP contribution in [0.4, 0.5) is 0 Å². The average Bonchev–Trinajstić information content (AvgIpc) is 2.81. The fourth-order valence-electron chi connectivity index (χ4n) is 2.87. The zero-order valence-electron chi connectivity index (χ0n) is 16.6. The maximum absolute atomic E-state index is 11.7. The van der Waals surface area contributed by atoms with Crippen LogP contribution in [-0.4, -0.2) is 30.5 Å². The number of hydrogen-bond acceptors (Lipinski definition) is 6. The molecule has 0 spiro atoms. The lowest BCUT2D eigenvalue weighted by Crippen LogP contribution is -2.11. The summed E-state index contributed by atoms with van der Waals surface area (Å²) >= 11 is 13.2. The van der Waals surface area contributed by atoms with Gasteiger partial charge in [0.2, 0.25) is 0 Å². The van der Waals surface area contributed by atoms with Crippen molar-refractivity contribution in [2.24, 2.45) is 0 Å². The van der Waals surface area contributed by atoms with Gasteiger partial charge >= 0.3 is 11.9 Å². The minimum absolute atomic E-state index is 0.457. The van der Waals surface area contributed by atoms with Gasteiger partial charge < -0.3 is 10.2 Å². The van der Waals surface area contributed by atoms with Crippen LogP contribution in [0.2, 0.25) is 0 Å². The molecule has 4 nitrogen and oxygen atoms in total. The molecule has 0 amide bonds.